The number of benzene rings is 2. The van der Waals surface area contributed by atoms with Crippen LogP contribution in [0.2, 0.25) is 5.02 Å². The highest BCUT2D eigenvalue weighted by molar-refractivity contribution is 6.33. The Morgan fingerprint density at radius 3 is 2.59 bits per heavy atom. The van der Waals surface area contributed by atoms with Gasteiger partial charge in [0.25, 0.3) is 5.91 Å². The van der Waals surface area contributed by atoms with E-state index < -0.39 is 11.2 Å². The van der Waals surface area contributed by atoms with Gasteiger partial charge in [-0.1, -0.05) is 17.7 Å². The lowest BCUT2D eigenvalue weighted by atomic mass is 10.0. The molecule has 0 aliphatic rings. The molecule has 0 unspecified atom stereocenters. The third-order valence-electron chi connectivity index (χ3n) is 4.14. The second kappa shape index (κ2) is 7.87. The number of halogens is 2. The molecule has 0 atom stereocenters. The number of hydrogen-bond acceptors (Lipinski definition) is 4. The van der Waals surface area contributed by atoms with Crippen molar-refractivity contribution in [3.8, 4) is 16.9 Å². The van der Waals surface area contributed by atoms with E-state index in [2.05, 4.69) is 5.32 Å². The van der Waals surface area contributed by atoms with Gasteiger partial charge in [-0.2, -0.15) is 0 Å². The van der Waals surface area contributed by atoms with Crippen molar-refractivity contribution in [2.24, 2.45) is 0 Å². The predicted molar refractivity (Wildman–Crippen MR) is 111 cm³/mol. The maximum Gasteiger partial charge on any atom is 0.258 e. The fourth-order valence-corrected chi connectivity index (χ4v) is 3.26. The summed E-state index contributed by atoms with van der Waals surface area (Å²) >= 11 is 6.12. The number of nitrogens with one attached hydrogen (secondary N) is 1. The maximum absolute atomic E-state index is 14.3. The predicted octanol–water partition coefficient (Wildman–Crippen LogP) is 4.85. The van der Waals surface area contributed by atoms with Crippen LogP contribution in [-0.2, 0) is 4.79 Å². The fraction of sp³-hybridized carbons (Fsp3) is 0.273. The molecule has 0 spiro atoms. The summed E-state index contributed by atoms with van der Waals surface area (Å²) in [6.07, 6.45) is 0. The monoisotopic (exact) mass is 417 g/mol. The fourth-order valence-electron chi connectivity index (χ4n) is 3.00. The molecular formula is C22H21ClFNO4. The SMILES string of the molecule is Cc1oc2cc(OCC(=O)NC(C)(C)C)ccc2c(=O)c1-c1c(F)cccc1Cl. The number of carbonyl (C=O) groups is 1. The molecule has 5 nitrogen and oxygen atoms in total. The second-order valence-electron chi connectivity index (χ2n) is 7.70. The van der Waals surface area contributed by atoms with Gasteiger partial charge in [0.15, 0.2) is 6.61 Å². The van der Waals surface area contributed by atoms with Crippen LogP contribution in [0.4, 0.5) is 4.39 Å². The molecule has 3 aromatic rings. The molecule has 1 aromatic heterocycles. The molecule has 0 fully saturated rings. The lowest BCUT2D eigenvalue weighted by Gasteiger charge is -2.20. The van der Waals surface area contributed by atoms with Gasteiger partial charge in [-0.15, -0.1) is 0 Å². The molecule has 1 amide bonds. The topological polar surface area (TPSA) is 68.5 Å². The first-order valence-electron chi connectivity index (χ1n) is 9.02. The second-order valence-corrected chi connectivity index (χ2v) is 8.11. The molecule has 0 saturated heterocycles. The molecule has 1 N–H and O–H groups in total. The minimum atomic E-state index is -0.600. The zero-order chi connectivity index (χ0) is 21.3. The van der Waals surface area contributed by atoms with Gasteiger partial charge in [0, 0.05) is 17.2 Å². The average Bonchev–Trinajstić information content (AvgIpc) is 2.60. The molecule has 0 aliphatic carbocycles. The van der Waals surface area contributed by atoms with E-state index in [-0.39, 0.29) is 50.9 Å². The molecule has 3 rings (SSSR count). The summed E-state index contributed by atoms with van der Waals surface area (Å²) in [6, 6.07) is 8.84. The van der Waals surface area contributed by atoms with Gasteiger partial charge in [0.05, 0.1) is 16.0 Å². The highest BCUT2D eigenvalue weighted by Crippen LogP contribution is 2.32. The van der Waals surface area contributed by atoms with Crippen LogP contribution in [0.1, 0.15) is 26.5 Å². The molecule has 0 radical (unpaired) electrons. The van der Waals surface area contributed by atoms with Crippen LogP contribution in [0, 0.1) is 12.7 Å². The molecule has 2 aromatic carbocycles. The van der Waals surface area contributed by atoms with Crippen molar-refractivity contribution in [1.82, 2.24) is 5.32 Å². The van der Waals surface area contributed by atoms with E-state index in [1.165, 1.54) is 30.3 Å². The number of carbonyl (C=O) groups excluding carboxylic acids is 1. The normalized spacial score (nSPS) is 11.5. The van der Waals surface area contributed by atoms with Crippen LogP contribution in [0.25, 0.3) is 22.1 Å². The lowest BCUT2D eigenvalue weighted by Crippen LogP contribution is -2.43. The minimum absolute atomic E-state index is 0.0153. The van der Waals surface area contributed by atoms with Crippen molar-refractivity contribution in [3.05, 3.63) is 63.2 Å². The zero-order valence-electron chi connectivity index (χ0n) is 16.6. The van der Waals surface area contributed by atoms with Crippen molar-refractivity contribution in [2.75, 3.05) is 6.61 Å². The van der Waals surface area contributed by atoms with Crippen molar-refractivity contribution < 1.29 is 18.3 Å². The van der Waals surface area contributed by atoms with E-state index >= 15 is 0 Å². The van der Waals surface area contributed by atoms with Crippen LogP contribution in [0.15, 0.2) is 45.6 Å². The first-order chi connectivity index (χ1) is 13.6. The van der Waals surface area contributed by atoms with Crippen LogP contribution in [0.3, 0.4) is 0 Å². The third kappa shape index (κ3) is 4.59. The lowest BCUT2D eigenvalue weighted by molar-refractivity contribution is -0.124. The van der Waals surface area contributed by atoms with E-state index in [4.69, 9.17) is 20.8 Å². The number of fused-ring (bicyclic) bond motifs is 1. The summed E-state index contributed by atoms with van der Waals surface area (Å²) in [6.45, 7) is 7.02. The smallest absolute Gasteiger partial charge is 0.258 e. The van der Waals surface area contributed by atoms with Crippen molar-refractivity contribution in [1.29, 1.82) is 0 Å². The van der Waals surface area contributed by atoms with E-state index in [0.717, 1.165) is 0 Å². The Balaban J connectivity index is 1.96. The minimum Gasteiger partial charge on any atom is -0.484 e. The Morgan fingerprint density at radius 1 is 1.21 bits per heavy atom. The third-order valence-corrected chi connectivity index (χ3v) is 4.45. The number of ether oxygens (including phenoxy) is 1. The molecule has 0 saturated carbocycles. The van der Waals surface area contributed by atoms with Crippen LogP contribution in [-0.4, -0.2) is 18.1 Å². The van der Waals surface area contributed by atoms with Crippen molar-refractivity contribution >= 4 is 28.5 Å². The van der Waals surface area contributed by atoms with Gasteiger partial charge in [-0.3, -0.25) is 9.59 Å². The highest BCUT2D eigenvalue weighted by Gasteiger charge is 2.20. The van der Waals surface area contributed by atoms with Gasteiger partial charge in [-0.25, -0.2) is 4.39 Å². The molecule has 1 heterocycles. The van der Waals surface area contributed by atoms with E-state index in [1.54, 1.807) is 13.0 Å². The molecule has 29 heavy (non-hydrogen) atoms. The molecule has 0 bridgehead atoms. The van der Waals surface area contributed by atoms with Crippen molar-refractivity contribution in [3.63, 3.8) is 0 Å². The zero-order valence-corrected chi connectivity index (χ0v) is 17.3. The quantitative estimate of drug-likeness (QED) is 0.658. The van der Waals surface area contributed by atoms with E-state index in [9.17, 15) is 14.0 Å². The first kappa shape index (κ1) is 20.9. The van der Waals surface area contributed by atoms with Gasteiger partial charge < -0.3 is 14.5 Å². The summed E-state index contributed by atoms with van der Waals surface area (Å²) in [5.41, 5.74) is -0.386. The van der Waals surface area contributed by atoms with Gasteiger partial charge in [-0.05, 0) is 52.0 Å². The summed E-state index contributed by atoms with van der Waals surface area (Å²) < 4.78 is 25.6. The Hall–Kier alpha value is -2.86. The summed E-state index contributed by atoms with van der Waals surface area (Å²) in [4.78, 5) is 24.9. The van der Waals surface area contributed by atoms with Crippen LogP contribution in [0.5, 0.6) is 5.75 Å². The van der Waals surface area contributed by atoms with Gasteiger partial charge in [0.1, 0.15) is 22.9 Å². The Kier molecular flexibility index (Phi) is 5.66. The van der Waals surface area contributed by atoms with E-state index in [0.29, 0.717) is 5.75 Å². The Morgan fingerprint density at radius 2 is 1.93 bits per heavy atom. The number of aryl methyl sites for hydroxylation is 1. The summed E-state index contributed by atoms with van der Waals surface area (Å²) in [7, 11) is 0. The van der Waals surface area contributed by atoms with Crippen LogP contribution < -0.4 is 15.5 Å². The average molecular weight is 418 g/mol. The van der Waals surface area contributed by atoms with E-state index in [1.807, 2.05) is 20.8 Å². The summed E-state index contributed by atoms with van der Waals surface area (Å²) in [5, 5.41) is 3.19. The molecule has 0 aliphatic heterocycles. The number of hydrogen-bond donors (Lipinski definition) is 1. The number of amides is 1. The molecule has 152 valence electrons. The van der Waals surface area contributed by atoms with Crippen molar-refractivity contribution in [2.45, 2.75) is 33.2 Å². The Bertz CT molecular complexity index is 1130. The summed E-state index contributed by atoms with van der Waals surface area (Å²) in [5.74, 6) is -0.255. The maximum atomic E-state index is 14.3. The van der Waals surface area contributed by atoms with Crippen LogP contribution >= 0.6 is 11.6 Å². The number of rotatable bonds is 4. The van der Waals surface area contributed by atoms with Gasteiger partial charge >= 0.3 is 0 Å². The highest BCUT2D eigenvalue weighted by atomic mass is 35.5. The first-order valence-corrected chi connectivity index (χ1v) is 9.40. The van der Waals surface area contributed by atoms with Gasteiger partial charge in [0.2, 0.25) is 5.43 Å². The Labute approximate surface area is 172 Å². The largest absolute Gasteiger partial charge is 0.484 e. The molecular weight excluding hydrogens is 397 g/mol. The molecule has 7 heteroatoms. The standard InChI is InChI=1S/C22H21ClFNO4/c1-12-19(20-15(23)6-5-7-16(20)24)21(27)14-9-8-13(10-17(14)29-12)28-11-18(26)25-22(2,3)4/h5-10H,11H2,1-4H3,(H,25,26).